The lowest BCUT2D eigenvalue weighted by atomic mass is 10.2. The van der Waals surface area contributed by atoms with E-state index < -0.39 is 20.7 Å². The molecular formula is C21H21Cl3FN5O3S2. The molecule has 1 atom stereocenters. The molecule has 0 bridgehead atoms. The molecule has 188 valence electrons. The molecule has 1 aliphatic rings. The van der Waals surface area contributed by atoms with Crippen LogP contribution in [0.4, 0.5) is 27.3 Å². The van der Waals surface area contributed by atoms with Crippen molar-refractivity contribution in [2.75, 3.05) is 28.0 Å². The number of sulfonamides is 1. The van der Waals surface area contributed by atoms with Gasteiger partial charge in [0, 0.05) is 42.5 Å². The van der Waals surface area contributed by atoms with Crippen molar-refractivity contribution in [2.45, 2.75) is 24.3 Å². The zero-order valence-corrected chi connectivity index (χ0v) is 22.2. The van der Waals surface area contributed by atoms with Gasteiger partial charge in [0.1, 0.15) is 10.7 Å². The minimum absolute atomic E-state index is 0. The second kappa shape index (κ2) is 11.2. The summed E-state index contributed by atoms with van der Waals surface area (Å²) in [5.74, 6) is -0.980. The van der Waals surface area contributed by atoms with Crippen molar-refractivity contribution in [1.29, 1.82) is 0 Å². The van der Waals surface area contributed by atoms with Crippen LogP contribution in [0.25, 0.3) is 0 Å². The van der Waals surface area contributed by atoms with Crippen molar-refractivity contribution in [1.82, 2.24) is 10.3 Å². The lowest BCUT2D eigenvalue weighted by Gasteiger charge is -2.23. The van der Waals surface area contributed by atoms with Crippen molar-refractivity contribution in [3.63, 3.8) is 0 Å². The minimum atomic E-state index is -4.22. The summed E-state index contributed by atoms with van der Waals surface area (Å²) in [6, 6.07) is 7.25. The zero-order chi connectivity index (χ0) is 24.5. The van der Waals surface area contributed by atoms with Crippen LogP contribution >= 0.6 is 46.9 Å². The van der Waals surface area contributed by atoms with Crippen molar-refractivity contribution < 1.29 is 17.6 Å². The normalized spacial score (nSPS) is 15.4. The van der Waals surface area contributed by atoms with Crippen LogP contribution in [0.1, 0.15) is 13.3 Å². The van der Waals surface area contributed by atoms with Crippen LogP contribution in [-0.2, 0) is 14.8 Å². The number of aromatic nitrogens is 1. The summed E-state index contributed by atoms with van der Waals surface area (Å²) >= 11 is 13.8. The highest BCUT2D eigenvalue weighted by Crippen LogP contribution is 2.37. The highest BCUT2D eigenvalue weighted by molar-refractivity contribution is 7.92. The molecule has 3 aromatic rings. The summed E-state index contributed by atoms with van der Waals surface area (Å²) in [6.45, 7) is 2.74. The molecule has 1 fully saturated rings. The molecule has 1 amide bonds. The van der Waals surface area contributed by atoms with Gasteiger partial charge in [0.2, 0.25) is 5.91 Å². The molecule has 14 heteroatoms. The van der Waals surface area contributed by atoms with E-state index in [0.29, 0.717) is 23.8 Å². The van der Waals surface area contributed by atoms with E-state index in [0.717, 1.165) is 24.2 Å². The first-order valence-corrected chi connectivity index (χ1v) is 13.3. The van der Waals surface area contributed by atoms with Gasteiger partial charge in [-0.1, -0.05) is 23.2 Å². The molecule has 0 radical (unpaired) electrons. The number of nitrogens with one attached hydrogen (secondary N) is 3. The number of rotatable bonds is 7. The van der Waals surface area contributed by atoms with E-state index in [9.17, 15) is 17.6 Å². The van der Waals surface area contributed by atoms with Gasteiger partial charge in [0.05, 0.1) is 27.6 Å². The van der Waals surface area contributed by atoms with Crippen molar-refractivity contribution in [3.05, 3.63) is 57.1 Å². The van der Waals surface area contributed by atoms with Crippen LogP contribution in [0.5, 0.6) is 0 Å². The Morgan fingerprint density at radius 1 is 1.23 bits per heavy atom. The molecule has 8 nitrogen and oxygen atoms in total. The van der Waals surface area contributed by atoms with E-state index >= 15 is 0 Å². The number of amides is 1. The van der Waals surface area contributed by atoms with Crippen molar-refractivity contribution in [3.8, 4) is 0 Å². The maximum absolute atomic E-state index is 14.9. The van der Waals surface area contributed by atoms with Gasteiger partial charge in [-0.05, 0) is 30.7 Å². The van der Waals surface area contributed by atoms with Crippen molar-refractivity contribution in [2.24, 2.45) is 0 Å². The molecule has 2 aromatic carbocycles. The van der Waals surface area contributed by atoms with E-state index in [1.165, 1.54) is 29.2 Å². The average molecular weight is 581 g/mol. The number of halogens is 4. The topological polar surface area (TPSA) is 103 Å². The molecule has 0 aliphatic carbocycles. The summed E-state index contributed by atoms with van der Waals surface area (Å²) in [5.41, 5.74) is 2.99. The molecule has 1 saturated heterocycles. The number of anilines is 4. The fourth-order valence-electron chi connectivity index (χ4n) is 3.69. The number of hydrogen-bond acceptors (Lipinski definition) is 7. The number of carbonyl (C=O) groups is 1. The Bertz CT molecular complexity index is 1330. The fraction of sp³-hybridized carbons (Fsp3) is 0.238. The SMILES string of the molecule is CC(=O)N[C@@H]1CCN(c2cc(Cl)ccc2Nc2cc(F)c(S(=O)(=O)Nc3cscn3)cc2Cl)C1.Cl. The molecule has 2 heterocycles. The van der Waals surface area contributed by atoms with Gasteiger partial charge in [-0.3, -0.25) is 9.52 Å². The van der Waals surface area contributed by atoms with Crippen LogP contribution < -0.4 is 20.3 Å². The molecule has 0 saturated carbocycles. The Kier molecular flexibility index (Phi) is 8.71. The van der Waals surface area contributed by atoms with Crippen LogP contribution in [0, 0.1) is 5.82 Å². The van der Waals surface area contributed by atoms with Crippen LogP contribution in [0.2, 0.25) is 10.0 Å². The van der Waals surface area contributed by atoms with Crippen LogP contribution in [0.15, 0.2) is 46.1 Å². The first kappa shape index (κ1) is 27.3. The monoisotopic (exact) mass is 579 g/mol. The number of carbonyl (C=O) groups excluding carboxylic acids is 1. The van der Waals surface area contributed by atoms with E-state index in [4.69, 9.17) is 23.2 Å². The molecule has 0 unspecified atom stereocenters. The lowest BCUT2D eigenvalue weighted by molar-refractivity contribution is -0.119. The van der Waals surface area contributed by atoms with Gasteiger partial charge < -0.3 is 15.5 Å². The summed E-state index contributed by atoms with van der Waals surface area (Å²) in [4.78, 5) is 16.7. The lowest BCUT2D eigenvalue weighted by Crippen LogP contribution is -2.35. The Balaban J connectivity index is 0.00000342. The second-order valence-electron chi connectivity index (χ2n) is 7.66. The second-order valence-corrected chi connectivity index (χ2v) is 10.9. The Morgan fingerprint density at radius 2 is 2.00 bits per heavy atom. The van der Waals surface area contributed by atoms with Crippen molar-refractivity contribution >= 4 is 85.8 Å². The average Bonchev–Trinajstić information content (AvgIpc) is 3.43. The molecule has 4 rings (SSSR count). The molecule has 1 aromatic heterocycles. The third-order valence-electron chi connectivity index (χ3n) is 5.15. The van der Waals surface area contributed by atoms with E-state index in [1.807, 2.05) is 0 Å². The smallest absolute Gasteiger partial charge is 0.266 e. The highest BCUT2D eigenvalue weighted by atomic mass is 35.5. The Labute approximate surface area is 222 Å². The third kappa shape index (κ3) is 6.47. The largest absolute Gasteiger partial charge is 0.368 e. The maximum Gasteiger partial charge on any atom is 0.266 e. The minimum Gasteiger partial charge on any atom is -0.368 e. The number of thiazole rings is 1. The maximum atomic E-state index is 14.9. The first-order valence-electron chi connectivity index (χ1n) is 10.1. The molecule has 3 N–H and O–H groups in total. The molecule has 35 heavy (non-hydrogen) atoms. The molecular weight excluding hydrogens is 560 g/mol. The predicted octanol–water partition coefficient (Wildman–Crippen LogP) is 5.27. The zero-order valence-electron chi connectivity index (χ0n) is 18.2. The number of benzene rings is 2. The van der Waals surface area contributed by atoms with Gasteiger partial charge >= 0.3 is 0 Å². The number of nitrogens with zero attached hydrogens (tertiary/aromatic N) is 2. The van der Waals surface area contributed by atoms with E-state index in [-0.39, 0.29) is 40.9 Å². The number of hydrogen-bond donors (Lipinski definition) is 3. The summed E-state index contributed by atoms with van der Waals surface area (Å²) in [5, 5.41) is 8.00. The summed E-state index contributed by atoms with van der Waals surface area (Å²) < 4.78 is 42.3. The Hall–Kier alpha value is -2.31. The van der Waals surface area contributed by atoms with E-state index in [1.54, 1.807) is 18.2 Å². The first-order chi connectivity index (χ1) is 16.1. The standard InChI is InChI=1S/C21H20Cl2FN5O3S2.ClH/c1-12(30)26-14-4-5-29(9-14)19-6-13(22)2-3-17(19)27-18-8-16(24)20(7-15(18)23)34(31,32)28-21-10-33-11-25-21;/h2-3,6-8,10-11,14,27-28H,4-5,9H2,1H3,(H,26,30);1H/t14-;/m1./s1. The van der Waals surface area contributed by atoms with Gasteiger partial charge in [-0.25, -0.2) is 17.8 Å². The predicted molar refractivity (Wildman–Crippen MR) is 141 cm³/mol. The highest BCUT2D eigenvalue weighted by Gasteiger charge is 2.26. The summed E-state index contributed by atoms with van der Waals surface area (Å²) in [7, 11) is -4.22. The van der Waals surface area contributed by atoms with Gasteiger partial charge in [-0.2, -0.15) is 0 Å². The Morgan fingerprint density at radius 3 is 2.69 bits per heavy atom. The summed E-state index contributed by atoms with van der Waals surface area (Å²) in [6.07, 6.45) is 0.763. The third-order valence-corrected chi connectivity index (χ3v) is 7.65. The van der Waals surface area contributed by atoms with Gasteiger partial charge in [0.25, 0.3) is 10.0 Å². The van der Waals surface area contributed by atoms with Crippen LogP contribution in [0.3, 0.4) is 0 Å². The van der Waals surface area contributed by atoms with Gasteiger partial charge in [0.15, 0.2) is 5.82 Å². The molecule has 0 spiro atoms. The fourth-order valence-corrected chi connectivity index (χ4v) is 5.77. The van der Waals surface area contributed by atoms with E-state index in [2.05, 4.69) is 25.2 Å². The van der Waals surface area contributed by atoms with Crippen LogP contribution in [-0.4, -0.2) is 38.4 Å². The van der Waals surface area contributed by atoms with Gasteiger partial charge in [-0.15, -0.1) is 23.7 Å². The molecule has 1 aliphatic heterocycles. The quantitative estimate of drug-likeness (QED) is 0.352.